The van der Waals surface area contributed by atoms with Gasteiger partial charge in [0.2, 0.25) is 0 Å². The third-order valence-corrected chi connectivity index (χ3v) is 3.54. The lowest BCUT2D eigenvalue weighted by atomic mass is 10.2. The molecular weight excluding hydrogens is 302 g/mol. The van der Waals surface area contributed by atoms with Crippen LogP contribution in [0.15, 0.2) is 30.3 Å². The highest BCUT2D eigenvalue weighted by Gasteiger charge is 2.21. The summed E-state index contributed by atoms with van der Waals surface area (Å²) < 4.78 is 19.4. The zero-order valence-electron chi connectivity index (χ0n) is 10.4. The number of imidazole rings is 1. The van der Waals surface area contributed by atoms with Crippen molar-refractivity contribution in [2.75, 3.05) is 7.11 Å². The normalized spacial score (nSPS) is 11.0. The molecule has 1 aromatic heterocycles. The molecule has 0 amide bonds. The highest BCUT2D eigenvalue weighted by atomic mass is 35.5. The average Bonchev–Trinajstić information content (AvgIpc) is 2.81. The number of aromatic amines is 1. The van der Waals surface area contributed by atoms with E-state index in [0.29, 0.717) is 5.82 Å². The van der Waals surface area contributed by atoms with Gasteiger partial charge in [0.15, 0.2) is 11.6 Å². The summed E-state index contributed by atoms with van der Waals surface area (Å²) in [6.45, 7) is 0. The molecule has 6 heteroatoms. The van der Waals surface area contributed by atoms with E-state index in [1.54, 1.807) is 0 Å². The van der Waals surface area contributed by atoms with E-state index in [2.05, 4.69) is 9.97 Å². The van der Waals surface area contributed by atoms with Crippen LogP contribution in [-0.4, -0.2) is 17.1 Å². The fourth-order valence-electron chi connectivity index (χ4n) is 2.05. The van der Waals surface area contributed by atoms with Crippen LogP contribution in [0.2, 0.25) is 10.0 Å². The number of hydrogen-bond acceptors (Lipinski definition) is 2. The molecule has 1 N–H and O–H groups in total. The molecule has 2 aromatic carbocycles. The molecule has 102 valence electrons. The monoisotopic (exact) mass is 310 g/mol. The summed E-state index contributed by atoms with van der Waals surface area (Å²) >= 11 is 12.0. The van der Waals surface area contributed by atoms with Gasteiger partial charge in [0, 0.05) is 0 Å². The van der Waals surface area contributed by atoms with Crippen molar-refractivity contribution in [1.29, 1.82) is 0 Å². The fourth-order valence-corrected chi connectivity index (χ4v) is 2.65. The second kappa shape index (κ2) is 4.96. The topological polar surface area (TPSA) is 37.9 Å². The molecule has 0 unspecified atom stereocenters. The van der Waals surface area contributed by atoms with Gasteiger partial charge in [-0.15, -0.1) is 0 Å². The Balaban J connectivity index is 2.28. The molecule has 0 saturated heterocycles. The van der Waals surface area contributed by atoms with E-state index in [1.165, 1.54) is 13.2 Å². The van der Waals surface area contributed by atoms with Crippen LogP contribution in [-0.2, 0) is 0 Å². The molecule has 0 aliphatic heterocycles. The number of rotatable bonds is 2. The number of methoxy groups -OCH3 is 1. The SMILES string of the molecule is COc1c(Cl)cc(Cl)c(-c2nc3ccccc3[nH]2)c1F. The second-order valence-corrected chi connectivity index (χ2v) is 4.98. The predicted octanol–water partition coefficient (Wildman–Crippen LogP) is 4.68. The zero-order valence-corrected chi connectivity index (χ0v) is 11.9. The smallest absolute Gasteiger partial charge is 0.179 e. The first kappa shape index (κ1) is 13.2. The number of H-pyrrole nitrogens is 1. The number of nitrogens with one attached hydrogen (secondary N) is 1. The minimum atomic E-state index is -0.635. The molecule has 0 saturated carbocycles. The van der Waals surface area contributed by atoms with Crippen LogP contribution in [0.5, 0.6) is 5.75 Å². The van der Waals surface area contributed by atoms with Crippen LogP contribution in [0, 0.1) is 5.82 Å². The van der Waals surface area contributed by atoms with Crippen LogP contribution < -0.4 is 4.74 Å². The molecule has 20 heavy (non-hydrogen) atoms. The minimum Gasteiger partial charge on any atom is -0.492 e. The molecule has 0 fully saturated rings. The van der Waals surface area contributed by atoms with Crippen molar-refractivity contribution in [3.05, 3.63) is 46.2 Å². The number of ether oxygens (including phenoxy) is 1. The third-order valence-electron chi connectivity index (χ3n) is 2.96. The van der Waals surface area contributed by atoms with Gasteiger partial charge in [-0.05, 0) is 18.2 Å². The molecule has 0 aliphatic rings. The lowest BCUT2D eigenvalue weighted by molar-refractivity contribution is 0.387. The van der Waals surface area contributed by atoms with E-state index >= 15 is 0 Å². The number of para-hydroxylation sites is 2. The van der Waals surface area contributed by atoms with Crippen LogP contribution in [0.3, 0.4) is 0 Å². The number of fused-ring (bicyclic) bond motifs is 1. The van der Waals surface area contributed by atoms with Gasteiger partial charge in [0.25, 0.3) is 0 Å². The van der Waals surface area contributed by atoms with Gasteiger partial charge in [-0.25, -0.2) is 9.37 Å². The highest BCUT2D eigenvalue weighted by Crippen LogP contribution is 2.39. The van der Waals surface area contributed by atoms with Crippen molar-refractivity contribution in [3.63, 3.8) is 0 Å². The van der Waals surface area contributed by atoms with E-state index in [9.17, 15) is 4.39 Å². The van der Waals surface area contributed by atoms with Crippen molar-refractivity contribution >= 4 is 34.2 Å². The molecule has 0 aliphatic carbocycles. The molecule has 3 aromatic rings. The summed E-state index contributed by atoms with van der Waals surface area (Å²) in [5, 5.41) is 0.294. The van der Waals surface area contributed by atoms with Crippen LogP contribution in [0.4, 0.5) is 4.39 Å². The molecule has 0 spiro atoms. The van der Waals surface area contributed by atoms with Crippen molar-refractivity contribution in [3.8, 4) is 17.1 Å². The molecule has 0 bridgehead atoms. The molecular formula is C14H9Cl2FN2O. The second-order valence-electron chi connectivity index (χ2n) is 4.17. The summed E-state index contributed by atoms with van der Waals surface area (Å²) in [7, 11) is 1.35. The maximum absolute atomic E-state index is 14.5. The minimum absolute atomic E-state index is 0.0495. The maximum Gasteiger partial charge on any atom is 0.179 e. The van der Waals surface area contributed by atoms with Gasteiger partial charge in [-0.3, -0.25) is 0 Å². The summed E-state index contributed by atoms with van der Waals surface area (Å²) in [6, 6.07) is 8.84. The average molecular weight is 311 g/mol. The Morgan fingerprint density at radius 3 is 2.65 bits per heavy atom. The van der Waals surface area contributed by atoms with Crippen molar-refractivity contribution in [2.45, 2.75) is 0 Å². The molecule has 3 nitrogen and oxygen atoms in total. The quantitative estimate of drug-likeness (QED) is 0.746. The summed E-state index contributed by atoms with van der Waals surface area (Å²) in [4.78, 5) is 7.36. The molecule has 0 radical (unpaired) electrons. The van der Waals surface area contributed by atoms with Crippen LogP contribution in [0.25, 0.3) is 22.4 Å². The summed E-state index contributed by atoms with van der Waals surface area (Å²) in [5.74, 6) is -0.348. The maximum atomic E-state index is 14.5. The Bertz CT molecular complexity index is 768. The van der Waals surface area contributed by atoms with Gasteiger partial charge in [0.05, 0.1) is 33.8 Å². The standard InChI is InChI=1S/C14H9Cl2FN2O/c1-20-13-8(16)6-7(15)11(12(13)17)14-18-9-4-2-3-5-10(9)19-14/h2-6H,1H3,(H,18,19). The lowest BCUT2D eigenvalue weighted by Gasteiger charge is -2.09. The van der Waals surface area contributed by atoms with Gasteiger partial charge in [-0.2, -0.15) is 0 Å². The van der Waals surface area contributed by atoms with E-state index in [0.717, 1.165) is 11.0 Å². The Hall–Kier alpha value is -1.78. The largest absolute Gasteiger partial charge is 0.492 e. The highest BCUT2D eigenvalue weighted by molar-refractivity contribution is 6.37. The van der Waals surface area contributed by atoms with E-state index in [1.807, 2.05) is 24.3 Å². The molecule has 1 heterocycles. The van der Waals surface area contributed by atoms with Crippen molar-refractivity contribution in [2.24, 2.45) is 0 Å². The van der Waals surface area contributed by atoms with Crippen molar-refractivity contribution < 1.29 is 9.13 Å². The Labute approximate surface area is 124 Å². The Morgan fingerprint density at radius 2 is 1.95 bits per heavy atom. The number of hydrogen-bond donors (Lipinski definition) is 1. The van der Waals surface area contributed by atoms with Crippen LogP contribution in [0.1, 0.15) is 0 Å². The number of aromatic nitrogens is 2. The predicted molar refractivity (Wildman–Crippen MR) is 78.1 cm³/mol. The van der Waals surface area contributed by atoms with Gasteiger partial charge >= 0.3 is 0 Å². The number of nitrogens with zero attached hydrogens (tertiary/aromatic N) is 1. The third kappa shape index (κ3) is 2.01. The Morgan fingerprint density at radius 1 is 1.20 bits per heavy atom. The Kier molecular flexibility index (Phi) is 3.28. The summed E-state index contributed by atoms with van der Waals surface area (Å²) in [5.41, 5.74) is 1.67. The van der Waals surface area contributed by atoms with Crippen LogP contribution >= 0.6 is 23.2 Å². The fraction of sp³-hybridized carbons (Fsp3) is 0.0714. The number of benzene rings is 2. The first-order valence-corrected chi connectivity index (χ1v) is 6.54. The van der Waals surface area contributed by atoms with E-state index in [-0.39, 0.29) is 21.4 Å². The van der Waals surface area contributed by atoms with Gasteiger partial charge < -0.3 is 9.72 Å². The van der Waals surface area contributed by atoms with E-state index < -0.39 is 5.82 Å². The lowest BCUT2D eigenvalue weighted by Crippen LogP contribution is -1.95. The van der Waals surface area contributed by atoms with Gasteiger partial charge in [-0.1, -0.05) is 35.3 Å². The summed E-state index contributed by atoms with van der Waals surface area (Å²) in [6.07, 6.45) is 0. The molecule has 3 rings (SSSR count). The molecule has 0 atom stereocenters. The number of halogens is 3. The zero-order chi connectivity index (χ0) is 14.3. The van der Waals surface area contributed by atoms with E-state index in [4.69, 9.17) is 27.9 Å². The first-order valence-electron chi connectivity index (χ1n) is 5.78. The van der Waals surface area contributed by atoms with Gasteiger partial charge in [0.1, 0.15) is 5.82 Å². The van der Waals surface area contributed by atoms with Crippen molar-refractivity contribution in [1.82, 2.24) is 9.97 Å². The first-order chi connectivity index (χ1) is 9.61.